The van der Waals surface area contributed by atoms with Crippen LogP contribution in [0.25, 0.3) is 0 Å². The first-order valence-electron chi connectivity index (χ1n) is 6.81. The number of hydrogen-bond donors (Lipinski definition) is 2. The zero-order chi connectivity index (χ0) is 12.7. The van der Waals surface area contributed by atoms with Gasteiger partial charge in [0.25, 0.3) is 0 Å². The molecule has 17 heavy (non-hydrogen) atoms. The highest BCUT2D eigenvalue weighted by Gasteiger charge is 2.18. The molecule has 0 spiro atoms. The molecule has 0 bridgehead atoms. The maximum atomic E-state index is 5.70. The van der Waals surface area contributed by atoms with E-state index in [2.05, 4.69) is 50.5 Å². The summed E-state index contributed by atoms with van der Waals surface area (Å²) in [7, 11) is 0. The van der Waals surface area contributed by atoms with Crippen molar-refractivity contribution >= 4 is 0 Å². The molecule has 2 heteroatoms. The van der Waals surface area contributed by atoms with Gasteiger partial charge in [-0.15, -0.1) is 0 Å². The summed E-state index contributed by atoms with van der Waals surface area (Å²) in [4.78, 5) is 0. The summed E-state index contributed by atoms with van der Waals surface area (Å²) in [6, 6.07) is 9.17. The van der Waals surface area contributed by atoms with Crippen LogP contribution in [0.4, 0.5) is 0 Å². The number of hydrazine groups is 1. The fourth-order valence-corrected chi connectivity index (χ4v) is 2.44. The monoisotopic (exact) mass is 234 g/mol. The molecule has 0 amide bonds. The van der Waals surface area contributed by atoms with Crippen LogP contribution >= 0.6 is 0 Å². The van der Waals surface area contributed by atoms with Crippen LogP contribution in [0.1, 0.15) is 57.2 Å². The van der Waals surface area contributed by atoms with Crippen molar-refractivity contribution in [2.45, 2.75) is 52.5 Å². The third-order valence-corrected chi connectivity index (χ3v) is 3.58. The van der Waals surface area contributed by atoms with Crippen molar-refractivity contribution in [3.05, 3.63) is 35.4 Å². The topological polar surface area (TPSA) is 38.0 Å². The third-order valence-electron chi connectivity index (χ3n) is 3.58. The fourth-order valence-electron chi connectivity index (χ4n) is 2.44. The Kier molecular flexibility index (Phi) is 6.23. The maximum absolute atomic E-state index is 5.70. The summed E-state index contributed by atoms with van der Waals surface area (Å²) in [5.74, 6) is 6.31. The zero-order valence-electron chi connectivity index (χ0n) is 11.4. The summed E-state index contributed by atoms with van der Waals surface area (Å²) >= 11 is 0. The van der Waals surface area contributed by atoms with E-state index >= 15 is 0 Å². The molecule has 1 aromatic carbocycles. The first-order chi connectivity index (χ1) is 8.26. The van der Waals surface area contributed by atoms with Gasteiger partial charge in [-0.2, -0.15) is 0 Å². The van der Waals surface area contributed by atoms with E-state index in [1.807, 2.05) is 0 Å². The summed E-state index contributed by atoms with van der Waals surface area (Å²) in [6.07, 6.45) is 4.67. The van der Waals surface area contributed by atoms with Gasteiger partial charge < -0.3 is 0 Å². The lowest BCUT2D eigenvalue weighted by Crippen LogP contribution is -2.33. The molecule has 0 aliphatic carbocycles. The minimum absolute atomic E-state index is 0.278. The molecule has 1 rings (SSSR count). The van der Waals surface area contributed by atoms with Crippen LogP contribution in [0.15, 0.2) is 24.3 Å². The molecule has 0 heterocycles. The second-order valence-electron chi connectivity index (χ2n) is 4.71. The Bertz CT molecular complexity index is 301. The molecule has 0 aromatic heterocycles. The number of nitrogens with one attached hydrogen (secondary N) is 1. The molecule has 1 unspecified atom stereocenters. The van der Waals surface area contributed by atoms with E-state index in [-0.39, 0.29) is 6.04 Å². The first kappa shape index (κ1) is 14.2. The predicted molar refractivity (Wildman–Crippen MR) is 74.6 cm³/mol. The largest absolute Gasteiger partial charge is 0.271 e. The van der Waals surface area contributed by atoms with Gasteiger partial charge in [0.05, 0.1) is 0 Å². The normalized spacial score (nSPS) is 13.0. The average Bonchev–Trinajstić information content (AvgIpc) is 2.37. The second-order valence-corrected chi connectivity index (χ2v) is 4.71. The molecular weight excluding hydrogens is 208 g/mol. The maximum Gasteiger partial charge on any atom is 0.0487 e. The van der Waals surface area contributed by atoms with Gasteiger partial charge in [0.1, 0.15) is 0 Å². The van der Waals surface area contributed by atoms with Gasteiger partial charge >= 0.3 is 0 Å². The van der Waals surface area contributed by atoms with Gasteiger partial charge in [0.15, 0.2) is 0 Å². The van der Waals surface area contributed by atoms with Gasteiger partial charge in [-0.25, -0.2) is 0 Å². The Labute approximate surface area is 106 Å². The highest BCUT2D eigenvalue weighted by atomic mass is 15.2. The quantitative estimate of drug-likeness (QED) is 0.559. The minimum Gasteiger partial charge on any atom is -0.271 e. The third kappa shape index (κ3) is 3.83. The Morgan fingerprint density at radius 1 is 1.06 bits per heavy atom. The lowest BCUT2D eigenvalue weighted by molar-refractivity contribution is 0.345. The number of benzene rings is 1. The van der Waals surface area contributed by atoms with Crippen molar-refractivity contribution in [1.29, 1.82) is 0 Å². The van der Waals surface area contributed by atoms with E-state index in [1.54, 1.807) is 0 Å². The molecule has 1 atom stereocenters. The van der Waals surface area contributed by atoms with Crippen LogP contribution in [-0.2, 0) is 6.42 Å². The van der Waals surface area contributed by atoms with Crippen molar-refractivity contribution in [3.8, 4) is 0 Å². The number of rotatable bonds is 7. The van der Waals surface area contributed by atoms with Crippen molar-refractivity contribution in [2.24, 2.45) is 11.8 Å². The lowest BCUT2D eigenvalue weighted by Gasteiger charge is -2.25. The van der Waals surface area contributed by atoms with Gasteiger partial charge in [-0.1, -0.05) is 64.3 Å². The molecule has 0 fully saturated rings. The Morgan fingerprint density at radius 2 is 1.65 bits per heavy atom. The summed E-state index contributed by atoms with van der Waals surface area (Å²) in [5, 5.41) is 0. The van der Waals surface area contributed by atoms with Crippen LogP contribution in [0, 0.1) is 5.92 Å². The van der Waals surface area contributed by atoms with E-state index in [4.69, 9.17) is 5.84 Å². The van der Waals surface area contributed by atoms with Crippen molar-refractivity contribution < 1.29 is 0 Å². The smallest absolute Gasteiger partial charge is 0.0487 e. The van der Waals surface area contributed by atoms with Crippen LogP contribution in [-0.4, -0.2) is 0 Å². The van der Waals surface area contributed by atoms with Crippen molar-refractivity contribution in [1.82, 2.24) is 5.43 Å². The molecular formula is C15H26N2. The van der Waals surface area contributed by atoms with E-state index < -0.39 is 0 Å². The average molecular weight is 234 g/mol. The van der Waals surface area contributed by atoms with Gasteiger partial charge in [-0.3, -0.25) is 11.3 Å². The molecule has 2 nitrogen and oxygen atoms in total. The zero-order valence-corrected chi connectivity index (χ0v) is 11.4. The Morgan fingerprint density at radius 3 is 2.06 bits per heavy atom. The Balaban J connectivity index is 2.81. The summed E-state index contributed by atoms with van der Waals surface area (Å²) in [5.41, 5.74) is 5.69. The highest BCUT2D eigenvalue weighted by Crippen LogP contribution is 2.26. The van der Waals surface area contributed by atoms with Crippen molar-refractivity contribution in [2.75, 3.05) is 0 Å². The molecule has 0 aliphatic heterocycles. The first-order valence-corrected chi connectivity index (χ1v) is 6.81. The fraction of sp³-hybridized carbons (Fsp3) is 0.600. The van der Waals surface area contributed by atoms with Crippen LogP contribution in [0.5, 0.6) is 0 Å². The summed E-state index contributed by atoms with van der Waals surface area (Å²) in [6.45, 7) is 6.66. The lowest BCUT2D eigenvalue weighted by atomic mass is 9.89. The number of hydrogen-bond acceptors (Lipinski definition) is 2. The van der Waals surface area contributed by atoms with Gasteiger partial charge in [-0.05, 0) is 23.5 Å². The molecule has 1 aromatic rings. The molecule has 0 radical (unpaired) electrons. The molecule has 0 saturated carbocycles. The minimum atomic E-state index is 0.278. The molecule has 0 aliphatic rings. The van der Waals surface area contributed by atoms with Crippen molar-refractivity contribution in [3.63, 3.8) is 0 Å². The molecule has 0 saturated heterocycles. The number of aryl methyl sites for hydroxylation is 1. The summed E-state index contributed by atoms with van der Waals surface area (Å²) < 4.78 is 0. The van der Waals surface area contributed by atoms with E-state index in [1.165, 1.54) is 17.5 Å². The molecule has 3 N–H and O–H groups in total. The standard InChI is InChI=1S/C15H26N2/c1-4-7-12-8-10-14(11-9-12)15(17-16)13(5-2)6-3/h8-11,13,15,17H,4-7,16H2,1-3H3. The predicted octanol–water partition coefficient (Wildman–Crippen LogP) is 3.58. The number of nitrogens with two attached hydrogens (primary N) is 1. The highest BCUT2D eigenvalue weighted by molar-refractivity contribution is 5.25. The van der Waals surface area contributed by atoms with Crippen LogP contribution in [0.2, 0.25) is 0 Å². The van der Waals surface area contributed by atoms with Crippen LogP contribution < -0.4 is 11.3 Å². The van der Waals surface area contributed by atoms with E-state index in [9.17, 15) is 0 Å². The van der Waals surface area contributed by atoms with Crippen LogP contribution in [0.3, 0.4) is 0 Å². The van der Waals surface area contributed by atoms with Gasteiger partial charge in [0.2, 0.25) is 0 Å². The Hall–Kier alpha value is -0.860. The van der Waals surface area contributed by atoms with E-state index in [0.29, 0.717) is 5.92 Å². The van der Waals surface area contributed by atoms with E-state index in [0.717, 1.165) is 19.3 Å². The SMILES string of the molecule is CCCc1ccc(C(NN)C(CC)CC)cc1. The second kappa shape index (κ2) is 7.46. The van der Waals surface area contributed by atoms with Gasteiger partial charge in [0, 0.05) is 6.04 Å². The molecule has 96 valence electrons.